The summed E-state index contributed by atoms with van der Waals surface area (Å²) in [5.74, 6) is -0.723. The molecule has 24 heavy (non-hydrogen) atoms. The number of rotatable bonds is 5. The summed E-state index contributed by atoms with van der Waals surface area (Å²) in [7, 11) is 1.43. The normalized spacial score (nSPS) is 10.6. The molecule has 0 saturated heterocycles. The first-order valence-corrected chi connectivity index (χ1v) is 7.19. The van der Waals surface area contributed by atoms with Gasteiger partial charge in [-0.05, 0) is 38.4 Å². The van der Waals surface area contributed by atoms with E-state index in [1.807, 2.05) is 0 Å². The van der Waals surface area contributed by atoms with Gasteiger partial charge in [-0.15, -0.1) is 0 Å². The van der Waals surface area contributed by atoms with Crippen LogP contribution in [0.15, 0.2) is 26.3 Å². The van der Waals surface area contributed by atoms with Crippen molar-refractivity contribution in [3.05, 3.63) is 27.9 Å². The highest BCUT2D eigenvalue weighted by atomic mass is 79.9. The van der Waals surface area contributed by atoms with E-state index in [1.54, 1.807) is 12.1 Å². The van der Waals surface area contributed by atoms with E-state index < -0.39 is 11.9 Å². The number of nitrogens with two attached hydrogens (primary N) is 1. The van der Waals surface area contributed by atoms with Crippen LogP contribution in [-0.4, -0.2) is 35.5 Å². The van der Waals surface area contributed by atoms with Crippen molar-refractivity contribution in [3.8, 4) is 11.5 Å². The molecule has 1 heterocycles. The van der Waals surface area contributed by atoms with Gasteiger partial charge in [-0.2, -0.15) is 5.10 Å². The lowest BCUT2D eigenvalue weighted by Gasteiger charge is -2.10. The van der Waals surface area contributed by atoms with Crippen LogP contribution in [0.4, 0.5) is 5.82 Å². The number of hydrogen-bond acceptors (Lipinski definition) is 9. The molecule has 0 aliphatic rings. The van der Waals surface area contributed by atoms with Gasteiger partial charge in [0, 0.05) is 17.0 Å². The number of ether oxygens (including phenoxy) is 2. The second-order valence-corrected chi connectivity index (χ2v) is 5.17. The Morgan fingerprint density at radius 1 is 1.38 bits per heavy atom. The molecule has 0 spiro atoms. The van der Waals surface area contributed by atoms with Crippen molar-refractivity contribution >= 4 is 39.8 Å². The highest BCUT2D eigenvalue weighted by Crippen LogP contribution is 2.33. The maximum atomic E-state index is 11.7. The van der Waals surface area contributed by atoms with Gasteiger partial charge in [0.15, 0.2) is 11.5 Å². The number of hydrazone groups is 1. The van der Waals surface area contributed by atoms with E-state index in [-0.39, 0.29) is 17.3 Å². The maximum absolute atomic E-state index is 11.7. The van der Waals surface area contributed by atoms with Gasteiger partial charge >= 0.3 is 5.97 Å². The highest BCUT2D eigenvalue weighted by molar-refractivity contribution is 9.10. The molecule has 126 valence electrons. The number of esters is 1. The number of nitrogens with one attached hydrogen (secondary N) is 1. The number of nitrogen functional groups attached to an aromatic ring is 1. The molecule has 0 aliphatic carbocycles. The first kappa shape index (κ1) is 17.4. The third-order valence-corrected chi connectivity index (χ3v) is 3.32. The van der Waals surface area contributed by atoms with Crippen molar-refractivity contribution in [2.24, 2.45) is 5.10 Å². The van der Waals surface area contributed by atoms with Crippen LogP contribution in [0.1, 0.15) is 23.0 Å². The van der Waals surface area contributed by atoms with Gasteiger partial charge in [-0.25, -0.2) is 10.1 Å². The highest BCUT2D eigenvalue weighted by Gasteiger charge is 2.15. The van der Waals surface area contributed by atoms with Gasteiger partial charge in [0.25, 0.3) is 5.91 Å². The molecule has 0 fully saturated rings. The number of carbonyl (C=O) groups is 2. The van der Waals surface area contributed by atoms with Crippen LogP contribution in [-0.2, 0) is 4.79 Å². The minimum absolute atomic E-state index is 0.142. The van der Waals surface area contributed by atoms with Crippen LogP contribution in [0.25, 0.3) is 0 Å². The van der Waals surface area contributed by atoms with Crippen molar-refractivity contribution in [1.82, 2.24) is 15.7 Å². The summed E-state index contributed by atoms with van der Waals surface area (Å²) < 4.78 is 15.1. The molecule has 0 bridgehead atoms. The summed E-state index contributed by atoms with van der Waals surface area (Å²) in [6.45, 7) is 1.28. The average Bonchev–Trinajstić information content (AvgIpc) is 2.95. The Bertz CT molecular complexity index is 804. The van der Waals surface area contributed by atoms with Gasteiger partial charge in [-0.3, -0.25) is 9.59 Å². The largest absolute Gasteiger partial charge is 0.493 e. The van der Waals surface area contributed by atoms with Gasteiger partial charge in [-0.1, -0.05) is 0 Å². The number of carbonyl (C=O) groups excluding carboxylic acids is 2. The number of benzene rings is 1. The third-order valence-electron chi connectivity index (χ3n) is 2.64. The molecular weight excluding hydrogens is 386 g/mol. The Labute approximate surface area is 144 Å². The Balaban J connectivity index is 2.15. The van der Waals surface area contributed by atoms with E-state index in [9.17, 15) is 9.59 Å². The van der Waals surface area contributed by atoms with Gasteiger partial charge in [0.05, 0.1) is 13.3 Å². The van der Waals surface area contributed by atoms with Crippen molar-refractivity contribution in [2.45, 2.75) is 6.92 Å². The lowest BCUT2D eigenvalue weighted by molar-refractivity contribution is -0.132. The number of anilines is 1. The summed E-state index contributed by atoms with van der Waals surface area (Å²) in [5.41, 5.74) is 8.02. The Kier molecular flexibility index (Phi) is 5.47. The first-order valence-electron chi connectivity index (χ1n) is 6.39. The maximum Gasteiger partial charge on any atom is 0.308 e. The number of amides is 1. The molecule has 1 aromatic carbocycles. The van der Waals surface area contributed by atoms with Crippen LogP contribution < -0.4 is 20.6 Å². The van der Waals surface area contributed by atoms with E-state index in [1.165, 1.54) is 20.2 Å². The monoisotopic (exact) mass is 397 g/mol. The molecule has 1 aromatic heterocycles. The van der Waals surface area contributed by atoms with Crippen molar-refractivity contribution in [3.63, 3.8) is 0 Å². The molecule has 2 rings (SSSR count). The second kappa shape index (κ2) is 7.55. The molecule has 10 nitrogen and oxygen atoms in total. The first-order chi connectivity index (χ1) is 11.4. The number of nitrogens with zero attached hydrogens (tertiary/aromatic N) is 3. The topological polar surface area (TPSA) is 142 Å². The molecule has 11 heteroatoms. The minimum Gasteiger partial charge on any atom is -0.493 e. The lowest BCUT2D eigenvalue weighted by Crippen LogP contribution is -2.19. The van der Waals surface area contributed by atoms with E-state index in [4.69, 9.17) is 15.2 Å². The summed E-state index contributed by atoms with van der Waals surface area (Å²) in [5, 5.41) is 10.4. The zero-order valence-corrected chi connectivity index (χ0v) is 14.2. The van der Waals surface area contributed by atoms with E-state index in [0.717, 1.165) is 0 Å². The molecule has 1 amide bonds. The van der Waals surface area contributed by atoms with Gasteiger partial charge in [0.2, 0.25) is 11.5 Å². The van der Waals surface area contributed by atoms with E-state index >= 15 is 0 Å². The van der Waals surface area contributed by atoms with E-state index in [0.29, 0.717) is 15.8 Å². The van der Waals surface area contributed by atoms with Crippen LogP contribution in [0, 0.1) is 0 Å². The fourth-order valence-electron chi connectivity index (χ4n) is 1.61. The number of aromatic nitrogens is 2. The quantitative estimate of drug-likeness (QED) is 0.330. The van der Waals surface area contributed by atoms with Crippen LogP contribution in [0.2, 0.25) is 0 Å². The smallest absolute Gasteiger partial charge is 0.308 e. The molecule has 3 N–H and O–H groups in total. The van der Waals surface area contributed by atoms with Crippen LogP contribution >= 0.6 is 15.9 Å². The Morgan fingerprint density at radius 3 is 2.71 bits per heavy atom. The molecule has 0 atom stereocenters. The average molecular weight is 398 g/mol. The fourth-order valence-corrected chi connectivity index (χ4v) is 2.04. The summed E-state index contributed by atoms with van der Waals surface area (Å²) >= 11 is 3.31. The van der Waals surface area contributed by atoms with Crippen molar-refractivity contribution in [1.29, 1.82) is 0 Å². The molecule has 0 radical (unpaired) electrons. The molecule has 0 aliphatic heterocycles. The number of halogens is 1. The summed E-state index contributed by atoms with van der Waals surface area (Å²) in [4.78, 5) is 22.8. The van der Waals surface area contributed by atoms with Crippen LogP contribution in [0.3, 0.4) is 0 Å². The predicted molar refractivity (Wildman–Crippen MR) is 85.8 cm³/mol. The Hall–Kier alpha value is -2.95. The molecule has 0 saturated carbocycles. The Morgan fingerprint density at radius 2 is 2.12 bits per heavy atom. The molecule has 2 aromatic rings. The molecule has 0 unspecified atom stereocenters. The van der Waals surface area contributed by atoms with Gasteiger partial charge < -0.3 is 15.2 Å². The summed E-state index contributed by atoms with van der Waals surface area (Å²) in [6, 6.07) is 3.12. The number of hydrogen-bond donors (Lipinski definition) is 2. The number of methoxy groups -OCH3 is 1. The minimum atomic E-state index is -0.676. The second-order valence-electron chi connectivity index (χ2n) is 4.32. The van der Waals surface area contributed by atoms with Crippen molar-refractivity contribution in [2.75, 3.05) is 12.8 Å². The summed E-state index contributed by atoms with van der Waals surface area (Å²) in [6.07, 6.45) is 1.35. The molecular formula is C13H12BrN5O5. The van der Waals surface area contributed by atoms with Gasteiger partial charge in [0.1, 0.15) is 0 Å². The van der Waals surface area contributed by atoms with Crippen molar-refractivity contribution < 1.29 is 23.7 Å². The zero-order valence-electron chi connectivity index (χ0n) is 12.6. The van der Waals surface area contributed by atoms with Crippen LogP contribution in [0.5, 0.6) is 11.5 Å². The fraction of sp³-hybridized carbons (Fsp3) is 0.154. The van der Waals surface area contributed by atoms with E-state index in [2.05, 4.69) is 41.4 Å². The lowest BCUT2D eigenvalue weighted by atomic mass is 10.2. The zero-order chi connectivity index (χ0) is 17.7. The SMILES string of the molecule is COc1cc(C=NNC(=O)c2nonc2N)c(Br)cc1OC(C)=O. The standard InChI is InChI=1S/C13H12BrN5O5/c1-6(20)23-10-4-8(14)7(3-9(10)22-2)5-16-17-13(21)11-12(15)19-24-18-11/h3-5H,1-2H3,(H2,15,19)(H,17,21). The third kappa shape index (κ3) is 4.07. The predicted octanol–water partition coefficient (Wildman–Crippen LogP) is 1.11.